The van der Waals surface area contributed by atoms with Gasteiger partial charge in [0.05, 0.1) is 47.2 Å². The van der Waals surface area contributed by atoms with E-state index in [1.54, 1.807) is 12.3 Å². The first-order valence-corrected chi connectivity index (χ1v) is 12.1. The summed E-state index contributed by atoms with van der Waals surface area (Å²) in [5, 5.41) is 32.1. The smallest absolute Gasteiger partial charge is 0.252 e. The van der Waals surface area contributed by atoms with Crippen LogP contribution >= 0.6 is 0 Å². The Balaban J connectivity index is 1.45. The molecule has 1 aromatic carbocycles. The lowest BCUT2D eigenvalue weighted by atomic mass is 9.66. The molecule has 0 unspecified atom stereocenters. The van der Waals surface area contributed by atoms with Gasteiger partial charge in [-0.3, -0.25) is 0 Å². The first-order chi connectivity index (χ1) is 17.8. The van der Waals surface area contributed by atoms with Crippen LogP contribution in [0.3, 0.4) is 0 Å². The lowest BCUT2D eigenvalue weighted by Crippen LogP contribution is -2.38. The van der Waals surface area contributed by atoms with Gasteiger partial charge in [-0.25, -0.2) is 23.7 Å². The molecule has 11 heteroatoms. The van der Waals surface area contributed by atoms with Crippen LogP contribution in [0.4, 0.5) is 8.78 Å². The van der Waals surface area contributed by atoms with Crippen molar-refractivity contribution in [3.63, 3.8) is 0 Å². The molecule has 6 rings (SSSR count). The fraction of sp³-hybridized carbons (Fsp3) is 0.385. The topological polar surface area (TPSA) is 123 Å². The highest BCUT2D eigenvalue weighted by atomic mass is 19.1. The number of aliphatic hydroxyl groups is 2. The molecule has 2 N–H and O–H groups in total. The summed E-state index contributed by atoms with van der Waals surface area (Å²) < 4.78 is 30.4. The zero-order valence-corrected chi connectivity index (χ0v) is 20.3. The quantitative estimate of drug-likeness (QED) is 0.410. The van der Waals surface area contributed by atoms with Crippen LogP contribution in [0, 0.1) is 17.0 Å². The van der Waals surface area contributed by atoms with Crippen LogP contribution in [0.15, 0.2) is 42.9 Å². The van der Waals surface area contributed by atoms with E-state index in [0.29, 0.717) is 11.8 Å². The van der Waals surface area contributed by atoms with Crippen molar-refractivity contribution in [1.29, 1.82) is 0 Å². The molecule has 37 heavy (non-hydrogen) atoms. The van der Waals surface area contributed by atoms with Crippen LogP contribution in [-0.4, -0.2) is 58.4 Å². The van der Waals surface area contributed by atoms with Gasteiger partial charge in [-0.1, -0.05) is 19.9 Å². The van der Waals surface area contributed by atoms with Crippen molar-refractivity contribution >= 4 is 0 Å². The minimum Gasteiger partial charge on any atom is -0.396 e. The van der Waals surface area contributed by atoms with E-state index in [1.807, 2.05) is 6.07 Å². The maximum absolute atomic E-state index is 14.5. The molecule has 2 aliphatic carbocycles. The molecule has 1 fully saturated rings. The maximum Gasteiger partial charge on any atom is 0.252 e. The molecule has 0 spiro atoms. The van der Waals surface area contributed by atoms with Gasteiger partial charge in [0, 0.05) is 6.20 Å². The molecular weight excluding hydrogens is 480 g/mol. The van der Waals surface area contributed by atoms with Crippen molar-refractivity contribution in [3.8, 4) is 17.2 Å². The Bertz CT molecular complexity index is 1480. The van der Waals surface area contributed by atoms with Crippen molar-refractivity contribution in [2.45, 2.75) is 43.9 Å². The van der Waals surface area contributed by atoms with E-state index < -0.39 is 23.0 Å². The molecule has 2 aliphatic rings. The largest absolute Gasteiger partial charge is 0.396 e. The Morgan fingerprint density at radius 2 is 1.84 bits per heavy atom. The van der Waals surface area contributed by atoms with Gasteiger partial charge in [-0.2, -0.15) is 9.78 Å². The van der Waals surface area contributed by atoms with Gasteiger partial charge in [-0.15, -0.1) is 10.2 Å². The van der Waals surface area contributed by atoms with E-state index in [4.69, 9.17) is 4.98 Å². The van der Waals surface area contributed by atoms with Gasteiger partial charge in [-0.05, 0) is 54.0 Å². The lowest BCUT2D eigenvalue weighted by molar-refractivity contribution is 0.188. The number of hydrogen-bond donors (Lipinski definition) is 2. The zero-order valence-electron chi connectivity index (χ0n) is 20.3. The summed E-state index contributed by atoms with van der Waals surface area (Å²) in [5.41, 5.74) is 1.57. The maximum atomic E-state index is 14.5. The number of aliphatic hydroxyl groups excluding tert-OH is 2. The predicted molar refractivity (Wildman–Crippen MR) is 128 cm³/mol. The molecule has 3 heterocycles. The molecule has 2 bridgehead atoms. The van der Waals surface area contributed by atoms with E-state index in [0.717, 1.165) is 29.8 Å². The highest BCUT2D eigenvalue weighted by Crippen LogP contribution is 2.69. The Morgan fingerprint density at radius 1 is 1.08 bits per heavy atom. The second-order valence-corrected chi connectivity index (χ2v) is 10.2. The summed E-state index contributed by atoms with van der Waals surface area (Å²) >= 11 is 0. The highest BCUT2D eigenvalue weighted by Gasteiger charge is 2.65. The SMILES string of the molecule is CC1(C)[C@H]2CC[C@]1(c1ccnc(-n3cnc(C(CO)CO)n3)n1)c1nnc(-c3c(F)cccc3F)cc12. The number of aromatic nitrogens is 7. The summed E-state index contributed by atoms with van der Waals surface area (Å²) in [6.45, 7) is 3.76. The van der Waals surface area contributed by atoms with Gasteiger partial charge in [0.15, 0.2) is 5.82 Å². The second kappa shape index (κ2) is 8.42. The van der Waals surface area contributed by atoms with E-state index >= 15 is 0 Å². The summed E-state index contributed by atoms with van der Waals surface area (Å²) in [6.07, 6.45) is 4.76. The first kappa shape index (κ1) is 23.7. The molecule has 3 aromatic heterocycles. The number of fused-ring (bicyclic) bond motifs is 5. The van der Waals surface area contributed by atoms with Crippen LogP contribution in [0.2, 0.25) is 0 Å². The van der Waals surface area contributed by atoms with E-state index in [9.17, 15) is 19.0 Å². The third-order valence-electron chi connectivity index (χ3n) is 8.20. The van der Waals surface area contributed by atoms with Crippen LogP contribution in [0.5, 0.6) is 0 Å². The Labute approximate surface area is 211 Å². The number of benzene rings is 1. The van der Waals surface area contributed by atoms with Crippen LogP contribution in [0.25, 0.3) is 17.2 Å². The molecular formula is C26H25F2N7O2. The molecule has 0 radical (unpaired) electrons. The summed E-state index contributed by atoms with van der Waals surface area (Å²) in [5.74, 6) is -1.25. The average molecular weight is 506 g/mol. The minimum atomic E-state index is -0.677. The fourth-order valence-electron chi connectivity index (χ4n) is 6.23. The molecule has 0 amide bonds. The van der Waals surface area contributed by atoms with Gasteiger partial charge < -0.3 is 10.2 Å². The monoisotopic (exact) mass is 505 g/mol. The Hall–Kier alpha value is -3.70. The molecule has 9 nitrogen and oxygen atoms in total. The van der Waals surface area contributed by atoms with Crippen molar-refractivity contribution in [3.05, 3.63) is 77.3 Å². The predicted octanol–water partition coefficient (Wildman–Crippen LogP) is 3.06. The third kappa shape index (κ3) is 3.27. The van der Waals surface area contributed by atoms with Crippen molar-refractivity contribution in [2.75, 3.05) is 13.2 Å². The summed E-state index contributed by atoms with van der Waals surface area (Å²) in [4.78, 5) is 13.4. The number of hydrogen-bond acceptors (Lipinski definition) is 8. The van der Waals surface area contributed by atoms with E-state index in [2.05, 4.69) is 39.1 Å². The molecule has 1 saturated carbocycles. The van der Waals surface area contributed by atoms with Gasteiger partial charge in [0.25, 0.3) is 5.95 Å². The molecule has 190 valence electrons. The van der Waals surface area contributed by atoms with Crippen molar-refractivity contribution in [1.82, 2.24) is 34.9 Å². The molecule has 2 atom stereocenters. The highest BCUT2D eigenvalue weighted by molar-refractivity contribution is 5.64. The standard InChI is InChI=1S/C26H25F2N7O2/c1-25(2)16-6-8-26(25,22-15(16)10-19(32-33-22)21-17(27)4-3-5-18(21)28)20-7-9-29-24(31-20)35-13-30-23(34-35)14(11-36)12-37/h3-5,7,9-10,13-14,16,36-37H,6,8,11-12H2,1-2H3/t16-,26-/m0/s1. The zero-order chi connectivity index (χ0) is 25.9. The van der Waals surface area contributed by atoms with E-state index in [-0.39, 0.29) is 35.8 Å². The Kier molecular flexibility index (Phi) is 5.39. The number of halogens is 2. The number of rotatable bonds is 6. The van der Waals surface area contributed by atoms with Crippen LogP contribution in [0.1, 0.15) is 61.3 Å². The Morgan fingerprint density at radius 3 is 2.57 bits per heavy atom. The first-order valence-electron chi connectivity index (χ1n) is 12.1. The van der Waals surface area contributed by atoms with Gasteiger partial charge in [0.1, 0.15) is 18.0 Å². The summed E-state index contributed by atoms with van der Waals surface area (Å²) in [6, 6.07) is 7.38. The van der Waals surface area contributed by atoms with Crippen LogP contribution in [-0.2, 0) is 5.41 Å². The normalized spacial score (nSPS) is 21.5. The average Bonchev–Trinajstić information content (AvgIpc) is 3.53. The minimum absolute atomic E-state index is 0.109. The van der Waals surface area contributed by atoms with Crippen molar-refractivity contribution in [2.24, 2.45) is 5.41 Å². The number of nitrogens with zero attached hydrogens (tertiary/aromatic N) is 7. The molecule has 4 aromatic rings. The molecule has 0 saturated heterocycles. The van der Waals surface area contributed by atoms with Crippen LogP contribution < -0.4 is 0 Å². The molecule has 0 aliphatic heterocycles. The van der Waals surface area contributed by atoms with Gasteiger partial charge >= 0.3 is 0 Å². The fourth-order valence-corrected chi connectivity index (χ4v) is 6.23. The van der Waals surface area contributed by atoms with Gasteiger partial charge in [0.2, 0.25) is 0 Å². The summed E-state index contributed by atoms with van der Waals surface area (Å²) in [7, 11) is 0. The third-order valence-corrected chi connectivity index (χ3v) is 8.20. The van der Waals surface area contributed by atoms with E-state index in [1.165, 1.54) is 29.2 Å². The second-order valence-electron chi connectivity index (χ2n) is 10.2. The lowest BCUT2D eigenvalue weighted by Gasteiger charge is -2.37. The van der Waals surface area contributed by atoms with Crippen molar-refractivity contribution < 1.29 is 19.0 Å².